The van der Waals surface area contributed by atoms with E-state index in [1.807, 2.05) is 89.6 Å². The molecule has 0 aliphatic heterocycles. The van der Waals surface area contributed by atoms with Crippen molar-refractivity contribution in [2.75, 3.05) is 7.11 Å². The normalized spacial score (nSPS) is 10.9. The lowest BCUT2D eigenvalue weighted by Gasteiger charge is -2.10. The number of methoxy groups -OCH3 is 1. The van der Waals surface area contributed by atoms with E-state index in [-0.39, 0.29) is 11.6 Å². The van der Waals surface area contributed by atoms with Crippen LogP contribution < -0.4 is 4.74 Å². The Balaban J connectivity index is 1.68. The summed E-state index contributed by atoms with van der Waals surface area (Å²) in [5.41, 5.74) is 7.91. The first-order chi connectivity index (χ1) is 16.9. The number of carbonyl (C=O) groups excluding carboxylic acids is 2. The first-order valence-corrected chi connectivity index (χ1v) is 11.3. The number of hydrogen-bond donors (Lipinski definition) is 0. The molecule has 3 aromatic carbocycles. The van der Waals surface area contributed by atoms with Crippen LogP contribution in [0.2, 0.25) is 0 Å². The Morgan fingerprint density at radius 2 is 1.23 bits per heavy atom. The van der Waals surface area contributed by atoms with Crippen LogP contribution in [0.3, 0.4) is 0 Å². The van der Waals surface area contributed by atoms with Crippen molar-refractivity contribution in [1.82, 2.24) is 9.38 Å². The van der Waals surface area contributed by atoms with Crippen LogP contribution in [-0.2, 0) is 0 Å². The standard InChI is InChI=1S/C30H24N2O3/c1-19(33)21-4-8-23(9-5-21)26-16-28(24-10-6-22(7-11-24)20(2)34)30-31-29(18-32(30)17-26)25-12-14-27(35-3)15-13-25/h4-18H,1-3H3. The molecule has 0 saturated carbocycles. The number of aromatic nitrogens is 2. The minimum absolute atomic E-state index is 0.0311. The van der Waals surface area contributed by atoms with Gasteiger partial charge in [-0.1, -0.05) is 48.5 Å². The van der Waals surface area contributed by atoms with Gasteiger partial charge in [0.1, 0.15) is 11.4 Å². The number of hydrogen-bond acceptors (Lipinski definition) is 4. The summed E-state index contributed by atoms with van der Waals surface area (Å²) < 4.78 is 7.31. The molecule has 0 N–H and O–H groups in total. The molecule has 0 spiro atoms. The van der Waals surface area contributed by atoms with Gasteiger partial charge in [0.25, 0.3) is 0 Å². The summed E-state index contributed by atoms with van der Waals surface area (Å²) >= 11 is 0. The highest BCUT2D eigenvalue weighted by Crippen LogP contribution is 2.33. The van der Waals surface area contributed by atoms with E-state index >= 15 is 0 Å². The molecule has 0 aliphatic carbocycles. The molecule has 172 valence electrons. The average molecular weight is 461 g/mol. The molecule has 0 bridgehead atoms. The topological polar surface area (TPSA) is 60.7 Å². The van der Waals surface area contributed by atoms with Crippen LogP contribution in [0.1, 0.15) is 34.6 Å². The molecule has 0 radical (unpaired) electrons. The van der Waals surface area contributed by atoms with Crippen molar-refractivity contribution in [1.29, 1.82) is 0 Å². The minimum atomic E-state index is 0.0311. The zero-order valence-electron chi connectivity index (χ0n) is 19.8. The van der Waals surface area contributed by atoms with Gasteiger partial charge >= 0.3 is 0 Å². The zero-order chi connectivity index (χ0) is 24.5. The van der Waals surface area contributed by atoms with Gasteiger partial charge in [0.15, 0.2) is 11.6 Å². The minimum Gasteiger partial charge on any atom is -0.497 e. The van der Waals surface area contributed by atoms with Gasteiger partial charge in [0, 0.05) is 34.6 Å². The van der Waals surface area contributed by atoms with Gasteiger partial charge in [0.2, 0.25) is 0 Å². The van der Waals surface area contributed by atoms with Crippen molar-refractivity contribution < 1.29 is 14.3 Å². The SMILES string of the molecule is COc1ccc(-c2cn3cc(-c4ccc(C(C)=O)cc4)cc(-c4ccc(C(C)=O)cc4)c3n2)cc1. The lowest BCUT2D eigenvalue weighted by Crippen LogP contribution is -1.94. The lowest BCUT2D eigenvalue weighted by atomic mass is 9.99. The van der Waals surface area contributed by atoms with Crippen molar-refractivity contribution in [2.24, 2.45) is 0 Å². The molecular formula is C30H24N2O3. The van der Waals surface area contributed by atoms with E-state index in [0.29, 0.717) is 11.1 Å². The van der Waals surface area contributed by atoms with Crippen LogP contribution in [0.4, 0.5) is 0 Å². The number of ketones is 2. The quantitative estimate of drug-likeness (QED) is 0.263. The molecule has 5 heteroatoms. The predicted molar refractivity (Wildman–Crippen MR) is 138 cm³/mol. The fraction of sp³-hybridized carbons (Fsp3) is 0.100. The largest absolute Gasteiger partial charge is 0.497 e. The van der Waals surface area contributed by atoms with Crippen molar-refractivity contribution in [3.63, 3.8) is 0 Å². The molecule has 2 aromatic heterocycles. The van der Waals surface area contributed by atoms with Gasteiger partial charge in [-0.05, 0) is 60.9 Å². The second-order valence-corrected chi connectivity index (χ2v) is 8.50. The van der Waals surface area contributed by atoms with Crippen LogP contribution >= 0.6 is 0 Å². The number of imidazole rings is 1. The molecule has 5 nitrogen and oxygen atoms in total. The molecular weight excluding hydrogens is 436 g/mol. The maximum Gasteiger partial charge on any atom is 0.159 e. The van der Waals surface area contributed by atoms with Crippen LogP contribution in [0.5, 0.6) is 5.75 Å². The third kappa shape index (κ3) is 4.36. The van der Waals surface area contributed by atoms with Gasteiger partial charge in [-0.15, -0.1) is 0 Å². The summed E-state index contributed by atoms with van der Waals surface area (Å²) in [5.74, 6) is 0.862. The number of pyridine rings is 1. The summed E-state index contributed by atoms with van der Waals surface area (Å²) in [7, 11) is 1.65. The third-order valence-electron chi connectivity index (χ3n) is 6.16. The summed E-state index contributed by atoms with van der Waals surface area (Å²) in [6.07, 6.45) is 4.06. The van der Waals surface area contributed by atoms with E-state index in [0.717, 1.165) is 44.9 Å². The van der Waals surface area contributed by atoms with E-state index in [4.69, 9.17) is 9.72 Å². The summed E-state index contributed by atoms with van der Waals surface area (Å²) in [5, 5.41) is 0. The summed E-state index contributed by atoms with van der Waals surface area (Å²) in [4.78, 5) is 28.4. The molecule has 5 rings (SSSR count). The second-order valence-electron chi connectivity index (χ2n) is 8.50. The number of rotatable bonds is 6. The Morgan fingerprint density at radius 3 is 1.77 bits per heavy atom. The Bertz CT molecular complexity index is 1550. The molecule has 0 atom stereocenters. The van der Waals surface area contributed by atoms with Crippen molar-refractivity contribution in [3.05, 3.63) is 102 Å². The van der Waals surface area contributed by atoms with E-state index in [1.54, 1.807) is 21.0 Å². The maximum atomic E-state index is 11.8. The second kappa shape index (κ2) is 9.03. The Morgan fingerprint density at radius 1 is 0.686 bits per heavy atom. The molecule has 5 aromatic rings. The number of nitrogens with zero attached hydrogens (tertiary/aromatic N) is 2. The fourth-order valence-corrected chi connectivity index (χ4v) is 4.15. The van der Waals surface area contributed by atoms with Crippen molar-refractivity contribution in [3.8, 4) is 39.3 Å². The highest BCUT2D eigenvalue weighted by molar-refractivity contribution is 5.95. The zero-order valence-corrected chi connectivity index (χ0v) is 19.8. The van der Waals surface area contributed by atoms with Crippen LogP contribution in [0.25, 0.3) is 39.2 Å². The van der Waals surface area contributed by atoms with Crippen molar-refractivity contribution in [2.45, 2.75) is 13.8 Å². The number of ether oxygens (including phenoxy) is 1. The number of fused-ring (bicyclic) bond motifs is 1. The molecule has 2 heterocycles. The number of benzene rings is 3. The number of Topliss-reactive ketones (excluding diaryl/α,β-unsaturated/α-hetero) is 2. The highest BCUT2D eigenvalue weighted by Gasteiger charge is 2.14. The van der Waals surface area contributed by atoms with E-state index in [2.05, 4.69) is 6.07 Å². The molecule has 0 amide bonds. The Hall–Kier alpha value is -4.51. The van der Waals surface area contributed by atoms with Gasteiger partial charge in [-0.25, -0.2) is 4.98 Å². The number of carbonyl (C=O) groups is 2. The van der Waals surface area contributed by atoms with Gasteiger partial charge in [0.05, 0.1) is 12.8 Å². The monoisotopic (exact) mass is 460 g/mol. The van der Waals surface area contributed by atoms with Gasteiger partial charge in [-0.2, -0.15) is 0 Å². The van der Waals surface area contributed by atoms with Gasteiger partial charge in [-0.3, -0.25) is 9.59 Å². The van der Waals surface area contributed by atoms with Crippen molar-refractivity contribution >= 4 is 17.2 Å². The predicted octanol–water partition coefficient (Wildman–Crippen LogP) is 6.75. The molecule has 35 heavy (non-hydrogen) atoms. The van der Waals surface area contributed by atoms with Crippen LogP contribution in [0.15, 0.2) is 91.3 Å². The fourth-order valence-electron chi connectivity index (χ4n) is 4.15. The van der Waals surface area contributed by atoms with E-state index in [1.165, 1.54) is 0 Å². The van der Waals surface area contributed by atoms with Crippen LogP contribution in [-0.4, -0.2) is 28.1 Å². The van der Waals surface area contributed by atoms with Crippen LogP contribution in [0, 0.1) is 0 Å². The average Bonchev–Trinajstić information content (AvgIpc) is 3.32. The first-order valence-electron chi connectivity index (χ1n) is 11.3. The Labute approximate surface area is 203 Å². The maximum absolute atomic E-state index is 11.8. The molecule has 0 saturated heterocycles. The molecule has 0 unspecified atom stereocenters. The lowest BCUT2D eigenvalue weighted by molar-refractivity contribution is 0.100. The van der Waals surface area contributed by atoms with E-state index < -0.39 is 0 Å². The smallest absolute Gasteiger partial charge is 0.159 e. The summed E-state index contributed by atoms with van der Waals surface area (Å²) in [6, 6.07) is 25.1. The Kier molecular flexibility index (Phi) is 5.75. The summed E-state index contributed by atoms with van der Waals surface area (Å²) in [6.45, 7) is 3.13. The third-order valence-corrected chi connectivity index (χ3v) is 6.16. The highest BCUT2D eigenvalue weighted by atomic mass is 16.5. The van der Waals surface area contributed by atoms with E-state index in [9.17, 15) is 9.59 Å². The molecule has 0 aliphatic rings. The molecule has 0 fully saturated rings. The van der Waals surface area contributed by atoms with Gasteiger partial charge < -0.3 is 9.14 Å². The first kappa shape index (κ1) is 22.3.